The highest BCUT2D eigenvalue weighted by Crippen LogP contribution is 2.28. The van der Waals surface area contributed by atoms with E-state index in [0.717, 1.165) is 53.8 Å². The molecule has 6 nitrogen and oxygen atoms in total. The lowest BCUT2D eigenvalue weighted by Crippen LogP contribution is -2.25. The minimum atomic E-state index is 0.115. The molecule has 0 atom stereocenters. The molecule has 1 N–H and O–H groups in total. The van der Waals surface area contributed by atoms with E-state index in [1.54, 1.807) is 11.8 Å². The summed E-state index contributed by atoms with van der Waals surface area (Å²) in [7, 11) is 0. The highest BCUT2D eigenvalue weighted by molar-refractivity contribution is 7.99. The molecule has 0 fully saturated rings. The predicted octanol–water partition coefficient (Wildman–Crippen LogP) is 5.06. The molecule has 0 bridgehead atoms. The maximum atomic E-state index is 12.0. The molecular weight excluding hydrogens is 418 g/mol. The van der Waals surface area contributed by atoms with Crippen LogP contribution in [-0.2, 0) is 11.3 Å². The lowest BCUT2D eigenvalue weighted by molar-refractivity contribution is -0.121. The SMILES string of the molecule is CC(C)CCNC(=O)CCCSc1nnc2c3ccccc3n(Cc3ccccc3)c2n1. The second-order valence-corrected chi connectivity index (χ2v) is 9.40. The molecule has 0 aliphatic heterocycles. The maximum Gasteiger partial charge on any atom is 0.220 e. The second kappa shape index (κ2) is 10.6. The number of rotatable bonds is 10. The summed E-state index contributed by atoms with van der Waals surface area (Å²) >= 11 is 1.55. The number of nitrogens with zero attached hydrogens (tertiary/aromatic N) is 4. The second-order valence-electron chi connectivity index (χ2n) is 8.34. The summed E-state index contributed by atoms with van der Waals surface area (Å²) in [5.74, 6) is 1.50. The fourth-order valence-corrected chi connectivity index (χ4v) is 4.38. The minimum Gasteiger partial charge on any atom is -0.356 e. The van der Waals surface area contributed by atoms with Gasteiger partial charge in [-0.2, -0.15) is 0 Å². The Kier molecular flexibility index (Phi) is 7.37. The quantitative estimate of drug-likeness (QED) is 0.272. The first-order valence-corrected chi connectivity index (χ1v) is 12.2. The summed E-state index contributed by atoms with van der Waals surface area (Å²) in [4.78, 5) is 16.8. The Morgan fingerprint density at radius 2 is 1.84 bits per heavy atom. The van der Waals surface area contributed by atoms with Gasteiger partial charge in [0.15, 0.2) is 5.65 Å². The fourth-order valence-electron chi connectivity index (χ4n) is 3.66. The number of amides is 1. The zero-order valence-electron chi connectivity index (χ0n) is 18.6. The summed E-state index contributed by atoms with van der Waals surface area (Å²) in [5, 5.41) is 13.6. The number of para-hydroxylation sites is 1. The number of benzene rings is 2. The Morgan fingerprint density at radius 1 is 1.06 bits per heavy atom. The van der Waals surface area contributed by atoms with Crippen LogP contribution in [-0.4, -0.2) is 38.0 Å². The molecule has 32 heavy (non-hydrogen) atoms. The summed E-state index contributed by atoms with van der Waals surface area (Å²) < 4.78 is 2.21. The molecular formula is C25H29N5OS. The van der Waals surface area contributed by atoms with Crippen LogP contribution < -0.4 is 5.32 Å². The Hall–Kier alpha value is -2.93. The molecule has 7 heteroatoms. The van der Waals surface area contributed by atoms with Gasteiger partial charge in [-0.3, -0.25) is 4.79 Å². The minimum absolute atomic E-state index is 0.115. The Labute approximate surface area is 192 Å². The molecule has 0 radical (unpaired) electrons. The van der Waals surface area contributed by atoms with Crippen LogP contribution >= 0.6 is 11.8 Å². The Morgan fingerprint density at radius 3 is 2.66 bits per heavy atom. The van der Waals surface area contributed by atoms with Crippen molar-refractivity contribution in [3.05, 3.63) is 60.2 Å². The van der Waals surface area contributed by atoms with Crippen LogP contribution in [0.2, 0.25) is 0 Å². The fraction of sp³-hybridized carbons (Fsp3) is 0.360. The topological polar surface area (TPSA) is 72.7 Å². The van der Waals surface area contributed by atoms with Crippen molar-refractivity contribution in [1.29, 1.82) is 0 Å². The van der Waals surface area contributed by atoms with E-state index in [4.69, 9.17) is 4.98 Å². The number of hydrogen-bond donors (Lipinski definition) is 1. The smallest absolute Gasteiger partial charge is 0.220 e. The normalized spacial score (nSPS) is 11.5. The van der Waals surface area contributed by atoms with Gasteiger partial charge in [0.2, 0.25) is 11.1 Å². The molecule has 0 aliphatic rings. The summed E-state index contributed by atoms with van der Waals surface area (Å²) in [6, 6.07) is 18.6. The Bertz CT molecular complexity index is 1190. The van der Waals surface area contributed by atoms with E-state index in [9.17, 15) is 4.79 Å². The van der Waals surface area contributed by atoms with Gasteiger partial charge in [0, 0.05) is 30.6 Å². The van der Waals surface area contributed by atoms with E-state index in [1.165, 1.54) is 5.56 Å². The molecule has 0 spiro atoms. The third-order valence-corrected chi connectivity index (χ3v) is 6.29. The van der Waals surface area contributed by atoms with Crippen LogP contribution in [0.15, 0.2) is 59.8 Å². The van der Waals surface area contributed by atoms with Crippen LogP contribution in [0.1, 0.15) is 38.7 Å². The third-order valence-electron chi connectivity index (χ3n) is 5.36. The first-order valence-electron chi connectivity index (χ1n) is 11.2. The standard InChI is InChI=1S/C25H29N5OS/c1-18(2)14-15-26-22(31)13-8-16-32-25-27-24-23(28-29-25)20-11-6-7-12-21(20)30(24)17-19-9-4-3-5-10-19/h3-7,9-12,18H,8,13-17H2,1-2H3,(H,26,31). The highest BCUT2D eigenvalue weighted by Gasteiger charge is 2.15. The molecule has 4 rings (SSSR count). The molecule has 2 heterocycles. The van der Waals surface area contributed by atoms with Gasteiger partial charge in [-0.05, 0) is 30.4 Å². The van der Waals surface area contributed by atoms with Crippen molar-refractivity contribution >= 4 is 39.7 Å². The van der Waals surface area contributed by atoms with E-state index in [-0.39, 0.29) is 5.91 Å². The number of aromatic nitrogens is 4. The molecule has 0 unspecified atom stereocenters. The number of fused-ring (bicyclic) bond motifs is 3. The van der Waals surface area contributed by atoms with Gasteiger partial charge in [0.05, 0.1) is 5.52 Å². The first-order chi connectivity index (χ1) is 15.6. The molecule has 166 valence electrons. The number of carbonyl (C=O) groups is 1. The van der Waals surface area contributed by atoms with Crippen LogP contribution in [0.3, 0.4) is 0 Å². The monoisotopic (exact) mass is 447 g/mol. The number of thioether (sulfide) groups is 1. The molecule has 0 saturated heterocycles. The molecule has 2 aromatic carbocycles. The largest absolute Gasteiger partial charge is 0.356 e. The zero-order chi connectivity index (χ0) is 22.3. The van der Waals surface area contributed by atoms with Crippen molar-refractivity contribution in [1.82, 2.24) is 25.1 Å². The zero-order valence-corrected chi connectivity index (χ0v) is 19.4. The number of carbonyl (C=O) groups excluding carboxylic acids is 1. The van der Waals surface area contributed by atoms with Crippen molar-refractivity contribution < 1.29 is 4.79 Å². The molecule has 2 aromatic heterocycles. The van der Waals surface area contributed by atoms with Crippen LogP contribution in [0, 0.1) is 5.92 Å². The van der Waals surface area contributed by atoms with Crippen molar-refractivity contribution in [3.8, 4) is 0 Å². The van der Waals surface area contributed by atoms with Gasteiger partial charge in [-0.15, -0.1) is 10.2 Å². The first kappa shape index (κ1) is 22.3. The molecule has 4 aromatic rings. The van der Waals surface area contributed by atoms with E-state index >= 15 is 0 Å². The third kappa shape index (κ3) is 5.46. The predicted molar refractivity (Wildman–Crippen MR) is 131 cm³/mol. The molecule has 0 saturated carbocycles. The van der Waals surface area contributed by atoms with Gasteiger partial charge < -0.3 is 9.88 Å². The number of hydrogen-bond acceptors (Lipinski definition) is 5. The lowest BCUT2D eigenvalue weighted by atomic mass is 10.1. The Balaban J connectivity index is 1.45. The van der Waals surface area contributed by atoms with Crippen molar-refractivity contribution in [3.63, 3.8) is 0 Å². The van der Waals surface area contributed by atoms with E-state index in [1.807, 2.05) is 18.2 Å². The van der Waals surface area contributed by atoms with Gasteiger partial charge in [0.1, 0.15) is 5.52 Å². The van der Waals surface area contributed by atoms with Crippen molar-refractivity contribution in [2.24, 2.45) is 5.92 Å². The number of nitrogens with one attached hydrogen (secondary N) is 1. The van der Waals surface area contributed by atoms with E-state index in [2.05, 4.69) is 70.3 Å². The van der Waals surface area contributed by atoms with E-state index in [0.29, 0.717) is 17.5 Å². The highest BCUT2D eigenvalue weighted by atomic mass is 32.2. The molecule has 1 amide bonds. The van der Waals surface area contributed by atoms with Gasteiger partial charge in [-0.1, -0.05) is 74.1 Å². The van der Waals surface area contributed by atoms with Gasteiger partial charge >= 0.3 is 0 Å². The van der Waals surface area contributed by atoms with E-state index < -0.39 is 0 Å². The summed E-state index contributed by atoms with van der Waals surface area (Å²) in [6.45, 7) is 5.80. The van der Waals surface area contributed by atoms with Crippen molar-refractivity contribution in [2.45, 2.75) is 44.8 Å². The van der Waals surface area contributed by atoms with Crippen LogP contribution in [0.5, 0.6) is 0 Å². The van der Waals surface area contributed by atoms with Gasteiger partial charge in [0.25, 0.3) is 0 Å². The lowest BCUT2D eigenvalue weighted by Gasteiger charge is -2.08. The van der Waals surface area contributed by atoms with Gasteiger partial charge in [-0.25, -0.2) is 4.98 Å². The maximum absolute atomic E-state index is 12.0. The average Bonchev–Trinajstić information content (AvgIpc) is 3.10. The van der Waals surface area contributed by atoms with Crippen LogP contribution in [0.25, 0.3) is 22.1 Å². The summed E-state index contributed by atoms with van der Waals surface area (Å²) in [6.07, 6.45) is 2.32. The van der Waals surface area contributed by atoms with Crippen LogP contribution in [0.4, 0.5) is 0 Å². The molecule has 0 aliphatic carbocycles. The van der Waals surface area contributed by atoms with Crippen molar-refractivity contribution in [2.75, 3.05) is 12.3 Å². The average molecular weight is 448 g/mol. The summed E-state index contributed by atoms with van der Waals surface area (Å²) in [5.41, 5.74) is 3.99.